The van der Waals surface area contributed by atoms with Crippen molar-refractivity contribution in [3.05, 3.63) is 0 Å². The van der Waals surface area contributed by atoms with Crippen molar-refractivity contribution in [3.8, 4) is 0 Å². The van der Waals surface area contributed by atoms with E-state index >= 15 is 0 Å². The van der Waals surface area contributed by atoms with E-state index in [2.05, 4.69) is 6.92 Å². The Morgan fingerprint density at radius 1 is 1.38 bits per heavy atom. The van der Waals surface area contributed by atoms with Crippen LogP contribution in [-0.2, 0) is 14.0 Å². The van der Waals surface area contributed by atoms with Gasteiger partial charge in [-0.25, -0.2) is 0 Å². The van der Waals surface area contributed by atoms with Crippen molar-refractivity contribution >= 4 is 7.32 Å². The summed E-state index contributed by atoms with van der Waals surface area (Å²) in [4.78, 5) is 0. The molecule has 0 aromatic carbocycles. The summed E-state index contributed by atoms with van der Waals surface area (Å²) in [5.74, 6) is -0.584. The van der Waals surface area contributed by atoms with Crippen molar-refractivity contribution < 1.29 is 14.0 Å². The van der Waals surface area contributed by atoms with Crippen LogP contribution in [0.1, 0.15) is 19.8 Å². The van der Waals surface area contributed by atoms with Gasteiger partial charge in [-0.15, -0.1) is 0 Å². The molecule has 0 aromatic heterocycles. The standard InChI is InChI=1S/C4H7BO3/c1-2-3-4-6-5(7-4)8-4/h2-3H2,1H3. The molecule has 0 amide bonds. The third kappa shape index (κ3) is 0.405. The molecule has 3 aliphatic rings. The van der Waals surface area contributed by atoms with Crippen molar-refractivity contribution in [1.29, 1.82) is 0 Å². The summed E-state index contributed by atoms with van der Waals surface area (Å²) in [6, 6.07) is 0. The molecule has 3 saturated heterocycles. The van der Waals surface area contributed by atoms with Gasteiger partial charge in [0.2, 0.25) is 0 Å². The third-order valence-corrected chi connectivity index (χ3v) is 1.38. The lowest BCUT2D eigenvalue weighted by Gasteiger charge is -2.55. The fourth-order valence-electron chi connectivity index (χ4n) is 0.949. The second-order valence-electron chi connectivity index (χ2n) is 2.08. The minimum atomic E-state index is -0.584. The molecule has 0 spiro atoms. The predicted molar refractivity (Wildman–Crippen MR) is 26.6 cm³/mol. The minimum Gasteiger partial charge on any atom is -0.336 e. The highest BCUT2D eigenvalue weighted by Gasteiger charge is 2.67. The molecule has 8 heavy (non-hydrogen) atoms. The van der Waals surface area contributed by atoms with Crippen LogP contribution in [0.3, 0.4) is 0 Å². The average molecular weight is 114 g/mol. The van der Waals surface area contributed by atoms with Crippen LogP contribution < -0.4 is 0 Å². The first-order chi connectivity index (χ1) is 3.85. The molecule has 3 nitrogen and oxygen atoms in total. The predicted octanol–water partition coefficient (Wildman–Crippen LogP) is 0.502. The van der Waals surface area contributed by atoms with Crippen LogP contribution in [0, 0.1) is 0 Å². The molecule has 3 rings (SSSR count). The van der Waals surface area contributed by atoms with Gasteiger partial charge < -0.3 is 14.0 Å². The molecule has 0 N–H and O–H groups in total. The number of hydrogen-bond acceptors (Lipinski definition) is 3. The maximum atomic E-state index is 5.01. The Hall–Kier alpha value is -0.0551. The number of hydrogen-bond donors (Lipinski definition) is 0. The van der Waals surface area contributed by atoms with E-state index in [9.17, 15) is 0 Å². The molecular weight excluding hydrogens is 107 g/mol. The monoisotopic (exact) mass is 114 g/mol. The normalized spacial score (nSPS) is 28.9. The van der Waals surface area contributed by atoms with Gasteiger partial charge in [0.25, 0.3) is 5.97 Å². The molecule has 0 atom stereocenters. The molecule has 44 valence electrons. The van der Waals surface area contributed by atoms with E-state index in [1.807, 2.05) is 0 Å². The van der Waals surface area contributed by atoms with E-state index in [1.165, 1.54) is 0 Å². The summed E-state index contributed by atoms with van der Waals surface area (Å²) in [6.45, 7) is 2.07. The molecular formula is C4H7BO3. The Kier molecular flexibility index (Phi) is 0.756. The third-order valence-electron chi connectivity index (χ3n) is 1.38. The second kappa shape index (κ2) is 1.26. The molecule has 0 aromatic rings. The van der Waals surface area contributed by atoms with E-state index in [4.69, 9.17) is 14.0 Å². The van der Waals surface area contributed by atoms with Gasteiger partial charge in [-0.2, -0.15) is 0 Å². The van der Waals surface area contributed by atoms with Crippen LogP contribution in [0.15, 0.2) is 0 Å². The van der Waals surface area contributed by atoms with Gasteiger partial charge in [0, 0.05) is 6.42 Å². The zero-order valence-electron chi connectivity index (χ0n) is 4.72. The zero-order chi connectivity index (χ0) is 5.61. The highest BCUT2D eigenvalue weighted by atomic mass is 17.1. The second-order valence-corrected chi connectivity index (χ2v) is 2.08. The Balaban J connectivity index is 1.87. The SMILES string of the molecule is CCCC12OB(O1)O2. The van der Waals surface area contributed by atoms with Crippen molar-refractivity contribution in [2.75, 3.05) is 0 Å². The highest BCUT2D eigenvalue weighted by Crippen LogP contribution is 2.44. The average Bonchev–Trinajstić information content (AvgIpc) is 1.50. The molecule has 0 radical (unpaired) electrons. The minimum absolute atomic E-state index is 0.318. The van der Waals surface area contributed by atoms with Crippen LogP contribution in [0.5, 0.6) is 0 Å². The van der Waals surface area contributed by atoms with Crippen LogP contribution in [0.2, 0.25) is 0 Å². The van der Waals surface area contributed by atoms with E-state index in [0.29, 0.717) is 0 Å². The van der Waals surface area contributed by atoms with Crippen LogP contribution in [-0.4, -0.2) is 13.3 Å². The van der Waals surface area contributed by atoms with Crippen molar-refractivity contribution in [1.82, 2.24) is 0 Å². The molecule has 3 heterocycles. The van der Waals surface area contributed by atoms with Gasteiger partial charge in [0.15, 0.2) is 0 Å². The summed E-state index contributed by atoms with van der Waals surface area (Å²) in [6.07, 6.45) is 1.89. The van der Waals surface area contributed by atoms with Gasteiger partial charge in [0.05, 0.1) is 0 Å². The summed E-state index contributed by atoms with van der Waals surface area (Å²) < 4.78 is 15.0. The summed E-state index contributed by atoms with van der Waals surface area (Å²) in [5.41, 5.74) is 0. The molecule has 4 heteroatoms. The van der Waals surface area contributed by atoms with Gasteiger partial charge in [-0.3, -0.25) is 0 Å². The maximum absolute atomic E-state index is 5.01. The van der Waals surface area contributed by atoms with Crippen LogP contribution >= 0.6 is 0 Å². The molecule has 0 unspecified atom stereocenters. The molecule has 2 bridgehead atoms. The molecule has 3 aliphatic heterocycles. The lowest BCUT2D eigenvalue weighted by atomic mass is 9.99. The molecule has 3 fully saturated rings. The van der Waals surface area contributed by atoms with Gasteiger partial charge in [-0.05, 0) is 6.42 Å². The van der Waals surface area contributed by atoms with Gasteiger partial charge in [-0.1, -0.05) is 6.92 Å². The quantitative estimate of drug-likeness (QED) is 0.489. The first-order valence-corrected chi connectivity index (χ1v) is 2.88. The van der Waals surface area contributed by atoms with E-state index in [-0.39, 0.29) is 7.32 Å². The smallest absolute Gasteiger partial charge is 0.336 e. The van der Waals surface area contributed by atoms with Gasteiger partial charge >= 0.3 is 7.32 Å². The van der Waals surface area contributed by atoms with E-state index in [0.717, 1.165) is 12.8 Å². The van der Waals surface area contributed by atoms with E-state index in [1.54, 1.807) is 0 Å². The summed E-state index contributed by atoms with van der Waals surface area (Å²) in [5, 5.41) is 0. The Bertz CT molecular complexity index is 98.8. The van der Waals surface area contributed by atoms with Crippen LogP contribution in [0.25, 0.3) is 0 Å². The van der Waals surface area contributed by atoms with Crippen molar-refractivity contribution in [2.45, 2.75) is 25.7 Å². The molecule has 0 aliphatic carbocycles. The molecule has 0 saturated carbocycles. The first kappa shape index (κ1) is 4.79. The van der Waals surface area contributed by atoms with Crippen LogP contribution in [0.4, 0.5) is 0 Å². The fourth-order valence-corrected chi connectivity index (χ4v) is 0.949. The summed E-state index contributed by atoms with van der Waals surface area (Å²) in [7, 11) is -0.318. The maximum Gasteiger partial charge on any atom is 0.650 e. The van der Waals surface area contributed by atoms with Crippen molar-refractivity contribution in [3.63, 3.8) is 0 Å². The number of rotatable bonds is 2. The van der Waals surface area contributed by atoms with E-state index < -0.39 is 5.97 Å². The lowest BCUT2D eigenvalue weighted by molar-refractivity contribution is -0.463. The lowest BCUT2D eigenvalue weighted by Crippen LogP contribution is -2.74. The fraction of sp³-hybridized carbons (Fsp3) is 1.00. The summed E-state index contributed by atoms with van der Waals surface area (Å²) >= 11 is 0. The zero-order valence-corrected chi connectivity index (χ0v) is 4.72. The Morgan fingerprint density at radius 3 is 2.12 bits per heavy atom. The largest absolute Gasteiger partial charge is 0.650 e. The Labute approximate surface area is 48.1 Å². The van der Waals surface area contributed by atoms with Crippen molar-refractivity contribution in [2.24, 2.45) is 0 Å². The highest BCUT2D eigenvalue weighted by molar-refractivity contribution is 6.43. The topological polar surface area (TPSA) is 27.7 Å². The Morgan fingerprint density at radius 2 is 2.00 bits per heavy atom. The van der Waals surface area contributed by atoms with Gasteiger partial charge in [0.1, 0.15) is 0 Å². The first-order valence-electron chi connectivity index (χ1n) is 2.88.